The number of nitrogens with zero attached hydrogens (tertiary/aromatic N) is 2. The smallest absolute Gasteiger partial charge is 0.191 e. The molecule has 5 nitrogen and oxygen atoms in total. The van der Waals surface area contributed by atoms with Crippen LogP contribution in [-0.2, 0) is 4.74 Å². The van der Waals surface area contributed by atoms with E-state index in [1.54, 1.807) is 7.11 Å². The maximum atomic E-state index is 5.32. The Morgan fingerprint density at radius 1 is 1.20 bits per heavy atom. The molecule has 0 radical (unpaired) electrons. The van der Waals surface area contributed by atoms with Crippen LogP contribution in [0.2, 0.25) is 0 Å². The van der Waals surface area contributed by atoms with Crippen LogP contribution < -0.4 is 15.5 Å². The van der Waals surface area contributed by atoms with Crippen LogP contribution in [0.25, 0.3) is 0 Å². The second kappa shape index (κ2) is 10.3. The van der Waals surface area contributed by atoms with Crippen LogP contribution in [0.5, 0.6) is 0 Å². The molecular formula is C20H34N4O. The number of guanidine groups is 1. The molecule has 1 aromatic rings. The number of nitrogens with one attached hydrogen (secondary N) is 2. The van der Waals surface area contributed by atoms with Crippen LogP contribution in [-0.4, -0.2) is 53.4 Å². The van der Waals surface area contributed by atoms with Gasteiger partial charge in [0.05, 0.1) is 0 Å². The lowest BCUT2D eigenvalue weighted by atomic mass is 9.83. The minimum Gasteiger partial charge on any atom is -0.385 e. The molecule has 1 aliphatic carbocycles. The van der Waals surface area contributed by atoms with Crippen molar-refractivity contribution in [1.29, 1.82) is 0 Å². The summed E-state index contributed by atoms with van der Waals surface area (Å²) in [5.74, 6) is 0.894. The number of anilines is 1. The molecule has 25 heavy (non-hydrogen) atoms. The molecule has 0 spiro atoms. The molecule has 1 aliphatic rings. The molecule has 0 heterocycles. The van der Waals surface area contributed by atoms with Crippen molar-refractivity contribution in [1.82, 2.24) is 10.6 Å². The summed E-state index contributed by atoms with van der Waals surface area (Å²) in [4.78, 5) is 6.62. The molecule has 0 aliphatic heterocycles. The van der Waals surface area contributed by atoms with Crippen molar-refractivity contribution in [2.75, 3.05) is 52.3 Å². The second-order valence-electron chi connectivity index (χ2n) is 7.06. The van der Waals surface area contributed by atoms with Gasteiger partial charge in [-0.3, -0.25) is 4.99 Å². The third kappa shape index (κ3) is 6.24. The number of para-hydroxylation sites is 1. The van der Waals surface area contributed by atoms with Crippen molar-refractivity contribution >= 4 is 11.6 Å². The standard InChI is InChI=1S/C20H34N4O/c1-21-19(22-14-15-24(2)18-9-5-4-6-10-18)23-17-20(13-16-25-3)11-7-8-12-20/h4-6,9-10H,7-8,11-17H2,1-3H3,(H2,21,22,23). The maximum absolute atomic E-state index is 5.32. The number of likely N-dealkylation sites (N-methyl/N-ethyl adjacent to an activating group) is 1. The summed E-state index contributed by atoms with van der Waals surface area (Å²) in [5.41, 5.74) is 1.60. The molecule has 0 saturated heterocycles. The lowest BCUT2D eigenvalue weighted by Gasteiger charge is -2.30. The number of ether oxygens (including phenoxy) is 1. The van der Waals surface area contributed by atoms with Gasteiger partial charge in [-0.15, -0.1) is 0 Å². The van der Waals surface area contributed by atoms with Gasteiger partial charge in [-0.25, -0.2) is 0 Å². The van der Waals surface area contributed by atoms with Crippen LogP contribution in [0.1, 0.15) is 32.1 Å². The summed E-state index contributed by atoms with van der Waals surface area (Å²) in [6, 6.07) is 10.4. The number of hydrogen-bond acceptors (Lipinski definition) is 3. The fourth-order valence-corrected chi connectivity index (χ4v) is 3.60. The van der Waals surface area contributed by atoms with Crippen LogP contribution in [0.3, 0.4) is 0 Å². The Morgan fingerprint density at radius 3 is 2.56 bits per heavy atom. The highest BCUT2D eigenvalue weighted by Crippen LogP contribution is 2.40. The summed E-state index contributed by atoms with van der Waals surface area (Å²) in [6.45, 7) is 3.61. The summed E-state index contributed by atoms with van der Waals surface area (Å²) in [5, 5.41) is 6.97. The Hall–Kier alpha value is -1.75. The highest BCUT2D eigenvalue weighted by atomic mass is 16.5. The van der Waals surface area contributed by atoms with Crippen molar-refractivity contribution < 1.29 is 4.74 Å². The third-order valence-corrected chi connectivity index (χ3v) is 5.29. The van der Waals surface area contributed by atoms with E-state index in [9.17, 15) is 0 Å². The van der Waals surface area contributed by atoms with E-state index < -0.39 is 0 Å². The van der Waals surface area contributed by atoms with E-state index >= 15 is 0 Å². The Bertz CT molecular complexity index is 512. The van der Waals surface area contributed by atoms with Crippen LogP contribution in [0.4, 0.5) is 5.69 Å². The van der Waals surface area contributed by atoms with E-state index in [1.165, 1.54) is 31.4 Å². The van der Waals surface area contributed by atoms with E-state index in [0.717, 1.165) is 38.6 Å². The summed E-state index contributed by atoms with van der Waals surface area (Å²) >= 11 is 0. The number of benzene rings is 1. The predicted octanol–water partition coefficient (Wildman–Crippen LogP) is 2.88. The highest BCUT2D eigenvalue weighted by molar-refractivity contribution is 5.79. The number of aliphatic imine (C=N–C) groups is 1. The number of methoxy groups -OCH3 is 1. The van der Waals surface area contributed by atoms with Crippen LogP contribution in [0.15, 0.2) is 35.3 Å². The molecule has 0 bridgehead atoms. The largest absolute Gasteiger partial charge is 0.385 e. The minimum absolute atomic E-state index is 0.370. The van der Waals surface area contributed by atoms with Gasteiger partial charge in [-0.05, 0) is 36.8 Å². The molecule has 5 heteroatoms. The Labute approximate surface area is 152 Å². The molecule has 2 rings (SSSR count). The quantitative estimate of drug-likeness (QED) is 0.533. The number of hydrogen-bond donors (Lipinski definition) is 2. The van der Waals surface area contributed by atoms with Gasteiger partial charge in [0.25, 0.3) is 0 Å². The Morgan fingerprint density at radius 2 is 1.92 bits per heavy atom. The zero-order chi connectivity index (χ0) is 18.0. The topological polar surface area (TPSA) is 48.9 Å². The molecule has 1 fully saturated rings. The van der Waals surface area contributed by atoms with Gasteiger partial charge in [0.2, 0.25) is 0 Å². The van der Waals surface area contributed by atoms with E-state index in [2.05, 4.69) is 51.8 Å². The summed E-state index contributed by atoms with van der Waals surface area (Å²) < 4.78 is 5.32. The first-order valence-corrected chi connectivity index (χ1v) is 9.39. The maximum Gasteiger partial charge on any atom is 0.191 e. The van der Waals surface area contributed by atoms with Crippen molar-refractivity contribution in [3.63, 3.8) is 0 Å². The van der Waals surface area contributed by atoms with Gasteiger partial charge >= 0.3 is 0 Å². The summed E-state index contributed by atoms with van der Waals surface area (Å²) in [6.07, 6.45) is 6.37. The average molecular weight is 347 g/mol. The van der Waals surface area contributed by atoms with Gasteiger partial charge < -0.3 is 20.3 Å². The zero-order valence-electron chi connectivity index (χ0n) is 16.1. The normalized spacial score (nSPS) is 16.7. The van der Waals surface area contributed by atoms with E-state index in [-0.39, 0.29) is 0 Å². The SMILES string of the molecule is CN=C(NCCN(C)c1ccccc1)NCC1(CCOC)CCCC1. The van der Waals surface area contributed by atoms with Gasteiger partial charge in [-0.1, -0.05) is 31.0 Å². The van der Waals surface area contributed by atoms with Crippen molar-refractivity contribution in [3.05, 3.63) is 30.3 Å². The Kier molecular flexibility index (Phi) is 8.06. The molecule has 0 amide bonds. The fraction of sp³-hybridized carbons (Fsp3) is 0.650. The van der Waals surface area contributed by atoms with Gasteiger partial charge in [0, 0.05) is 53.1 Å². The monoisotopic (exact) mass is 346 g/mol. The van der Waals surface area contributed by atoms with Crippen LogP contribution in [0, 0.1) is 5.41 Å². The van der Waals surface area contributed by atoms with Crippen LogP contribution >= 0.6 is 0 Å². The molecule has 0 atom stereocenters. The van der Waals surface area contributed by atoms with E-state index in [1.807, 2.05) is 13.1 Å². The molecule has 140 valence electrons. The highest BCUT2D eigenvalue weighted by Gasteiger charge is 2.33. The zero-order valence-corrected chi connectivity index (χ0v) is 16.1. The molecule has 0 aromatic heterocycles. The Balaban J connectivity index is 1.74. The molecule has 2 N–H and O–H groups in total. The number of rotatable bonds is 9. The molecule has 1 saturated carbocycles. The van der Waals surface area contributed by atoms with Gasteiger partial charge in [-0.2, -0.15) is 0 Å². The van der Waals surface area contributed by atoms with E-state index in [0.29, 0.717) is 5.41 Å². The molecule has 0 unspecified atom stereocenters. The lowest BCUT2D eigenvalue weighted by molar-refractivity contribution is 0.138. The minimum atomic E-state index is 0.370. The summed E-state index contributed by atoms with van der Waals surface area (Å²) in [7, 11) is 5.75. The van der Waals surface area contributed by atoms with Crippen molar-refractivity contribution in [3.8, 4) is 0 Å². The lowest BCUT2D eigenvalue weighted by Crippen LogP contribution is -2.45. The van der Waals surface area contributed by atoms with Gasteiger partial charge in [0.1, 0.15) is 0 Å². The van der Waals surface area contributed by atoms with E-state index in [4.69, 9.17) is 4.74 Å². The predicted molar refractivity (Wildman–Crippen MR) is 106 cm³/mol. The van der Waals surface area contributed by atoms with Crippen molar-refractivity contribution in [2.24, 2.45) is 10.4 Å². The van der Waals surface area contributed by atoms with Gasteiger partial charge in [0.15, 0.2) is 5.96 Å². The third-order valence-electron chi connectivity index (χ3n) is 5.29. The average Bonchev–Trinajstić information content (AvgIpc) is 3.12. The van der Waals surface area contributed by atoms with Crippen molar-refractivity contribution in [2.45, 2.75) is 32.1 Å². The first-order chi connectivity index (χ1) is 12.2. The fourth-order valence-electron chi connectivity index (χ4n) is 3.60. The molecule has 1 aromatic carbocycles. The molecular weight excluding hydrogens is 312 g/mol. The second-order valence-corrected chi connectivity index (χ2v) is 7.06. The first-order valence-electron chi connectivity index (χ1n) is 9.39. The first kappa shape index (κ1) is 19.6.